The minimum absolute atomic E-state index is 0.102. The van der Waals surface area contributed by atoms with Crippen molar-refractivity contribution in [1.82, 2.24) is 0 Å². The smallest absolute Gasteiger partial charge is 0.332 e. The van der Waals surface area contributed by atoms with Crippen LogP contribution in [0.2, 0.25) is 0 Å². The van der Waals surface area contributed by atoms with Gasteiger partial charge in [0.15, 0.2) is 0 Å². The molecule has 0 aromatic rings. The minimum atomic E-state index is -1.23. The quantitative estimate of drug-likeness (QED) is 0.612. The van der Waals surface area contributed by atoms with E-state index in [2.05, 4.69) is 0 Å². The van der Waals surface area contributed by atoms with Crippen LogP contribution >= 0.6 is 0 Å². The van der Waals surface area contributed by atoms with Gasteiger partial charge in [0.2, 0.25) is 0 Å². The fraction of sp³-hybridized carbons (Fsp3) is 0.500. The molecule has 4 nitrogen and oxygen atoms in total. The van der Waals surface area contributed by atoms with E-state index in [1.54, 1.807) is 20.8 Å². The number of hydrogen-bond acceptors (Lipinski definition) is 2. The zero-order chi connectivity index (χ0) is 9.94. The highest BCUT2D eigenvalue weighted by molar-refractivity contribution is 5.95. The molecule has 68 valence electrons. The predicted molar refractivity (Wildman–Crippen MR) is 42.8 cm³/mol. The summed E-state index contributed by atoms with van der Waals surface area (Å²) in [5, 5.41) is 17.0. The molecule has 0 unspecified atom stereocenters. The highest BCUT2D eigenvalue weighted by Crippen LogP contribution is 2.24. The highest BCUT2D eigenvalue weighted by Gasteiger charge is 2.24. The summed E-state index contributed by atoms with van der Waals surface area (Å²) in [5.74, 6) is -2.42. The van der Waals surface area contributed by atoms with Crippen molar-refractivity contribution in [2.45, 2.75) is 20.8 Å². The van der Waals surface area contributed by atoms with Gasteiger partial charge < -0.3 is 10.2 Å². The average Bonchev–Trinajstić information content (AvgIpc) is 1.79. The second-order valence-electron chi connectivity index (χ2n) is 3.45. The maximum atomic E-state index is 10.6. The monoisotopic (exact) mass is 172 g/mol. The van der Waals surface area contributed by atoms with Crippen LogP contribution in [0.5, 0.6) is 0 Å². The molecule has 4 heteroatoms. The summed E-state index contributed by atoms with van der Waals surface area (Å²) in [6, 6.07) is 0. The molecular weight excluding hydrogens is 160 g/mol. The van der Waals surface area contributed by atoms with E-state index in [0.29, 0.717) is 0 Å². The Balaban J connectivity index is 4.94. The van der Waals surface area contributed by atoms with E-state index in [4.69, 9.17) is 10.2 Å². The van der Waals surface area contributed by atoms with Gasteiger partial charge in [-0.05, 0) is 5.41 Å². The third-order valence-electron chi connectivity index (χ3n) is 1.31. The third-order valence-corrected chi connectivity index (χ3v) is 1.31. The van der Waals surface area contributed by atoms with Crippen LogP contribution in [0, 0.1) is 5.41 Å². The number of aliphatic carboxylic acids is 2. The number of carboxylic acid groups (broad SMARTS) is 2. The van der Waals surface area contributed by atoms with E-state index < -0.39 is 17.4 Å². The molecule has 0 aliphatic rings. The molecule has 0 aliphatic heterocycles. The molecule has 0 amide bonds. The largest absolute Gasteiger partial charge is 0.478 e. The Kier molecular flexibility index (Phi) is 3.01. The molecule has 0 saturated carbocycles. The number of hydrogen-bond donors (Lipinski definition) is 2. The topological polar surface area (TPSA) is 74.6 Å². The lowest BCUT2D eigenvalue weighted by Gasteiger charge is -2.18. The lowest BCUT2D eigenvalue weighted by atomic mass is 9.86. The normalized spacial score (nSPS) is 12.8. The summed E-state index contributed by atoms with van der Waals surface area (Å²) in [6.07, 6.45) is 0.725. The molecule has 0 aliphatic carbocycles. The molecule has 0 spiro atoms. The van der Waals surface area contributed by atoms with Crippen molar-refractivity contribution in [3.63, 3.8) is 0 Å². The lowest BCUT2D eigenvalue weighted by Crippen LogP contribution is -2.18. The molecule has 0 atom stereocenters. The van der Waals surface area contributed by atoms with Gasteiger partial charge in [-0.25, -0.2) is 9.59 Å². The maximum absolute atomic E-state index is 10.6. The first-order valence-corrected chi connectivity index (χ1v) is 3.43. The van der Waals surface area contributed by atoms with Gasteiger partial charge in [-0.2, -0.15) is 0 Å². The first-order valence-electron chi connectivity index (χ1n) is 3.43. The van der Waals surface area contributed by atoms with Crippen LogP contribution < -0.4 is 0 Å². The van der Waals surface area contributed by atoms with Crippen molar-refractivity contribution in [2.24, 2.45) is 5.41 Å². The van der Waals surface area contributed by atoms with Gasteiger partial charge in [0, 0.05) is 11.6 Å². The zero-order valence-electron chi connectivity index (χ0n) is 7.29. The first kappa shape index (κ1) is 10.7. The molecule has 0 rings (SSSR count). The van der Waals surface area contributed by atoms with Crippen LogP contribution in [0.3, 0.4) is 0 Å². The average molecular weight is 172 g/mol. The van der Waals surface area contributed by atoms with Gasteiger partial charge in [-0.1, -0.05) is 20.8 Å². The van der Waals surface area contributed by atoms with Crippen molar-refractivity contribution in [1.29, 1.82) is 0 Å². The number of carbonyl (C=O) groups is 2. The first-order chi connectivity index (χ1) is 5.25. The van der Waals surface area contributed by atoms with Crippen LogP contribution in [-0.2, 0) is 9.59 Å². The fourth-order valence-corrected chi connectivity index (χ4v) is 0.723. The standard InChI is InChI=1S/C8H12O4/c1-8(2,3)5(7(11)12)4-6(9)10/h4H,1-3H3,(H,9,10)(H,11,12)/b5-4+. The van der Waals surface area contributed by atoms with Gasteiger partial charge in [0.25, 0.3) is 0 Å². The second kappa shape index (κ2) is 3.38. The Labute approximate surface area is 70.5 Å². The highest BCUT2D eigenvalue weighted by atomic mass is 16.4. The Morgan fingerprint density at radius 2 is 1.58 bits per heavy atom. The van der Waals surface area contributed by atoms with Gasteiger partial charge in [-0.3, -0.25) is 0 Å². The van der Waals surface area contributed by atoms with E-state index in [1.807, 2.05) is 0 Å². The molecule has 0 aromatic heterocycles. The molecule has 0 aromatic carbocycles. The lowest BCUT2D eigenvalue weighted by molar-refractivity contribution is -0.136. The summed E-state index contributed by atoms with van der Waals surface area (Å²) in [5.41, 5.74) is -0.750. The molecular formula is C8H12O4. The van der Waals surface area contributed by atoms with Crippen LogP contribution in [0.4, 0.5) is 0 Å². The van der Waals surface area contributed by atoms with E-state index in [9.17, 15) is 9.59 Å². The Bertz CT molecular complexity index is 232. The summed E-state index contributed by atoms with van der Waals surface area (Å²) >= 11 is 0. The van der Waals surface area contributed by atoms with Crippen LogP contribution in [-0.4, -0.2) is 22.2 Å². The van der Waals surface area contributed by atoms with E-state index in [-0.39, 0.29) is 5.57 Å². The summed E-state index contributed by atoms with van der Waals surface area (Å²) < 4.78 is 0. The molecule has 2 N–H and O–H groups in total. The molecule has 12 heavy (non-hydrogen) atoms. The van der Waals surface area contributed by atoms with Crippen LogP contribution in [0.1, 0.15) is 20.8 Å². The Morgan fingerprint density at radius 1 is 1.17 bits per heavy atom. The fourth-order valence-electron chi connectivity index (χ4n) is 0.723. The van der Waals surface area contributed by atoms with Crippen molar-refractivity contribution >= 4 is 11.9 Å². The second-order valence-corrected chi connectivity index (χ2v) is 3.45. The van der Waals surface area contributed by atoms with Crippen molar-refractivity contribution < 1.29 is 19.8 Å². The maximum Gasteiger partial charge on any atom is 0.332 e. The van der Waals surface area contributed by atoms with Gasteiger partial charge in [-0.15, -0.1) is 0 Å². The van der Waals surface area contributed by atoms with Crippen molar-refractivity contribution in [3.8, 4) is 0 Å². The van der Waals surface area contributed by atoms with Crippen molar-refractivity contribution in [3.05, 3.63) is 11.6 Å². The Hall–Kier alpha value is -1.32. The molecule has 0 saturated heterocycles. The van der Waals surface area contributed by atoms with E-state index in [0.717, 1.165) is 6.08 Å². The molecule has 0 radical (unpaired) electrons. The molecule has 0 bridgehead atoms. The van der Waals surface area contributed by atoms with Gasteiger partial charge in [0.05, 0.1) is 0 Å². The molecule has 0 fully saturated rings. The third kappa shape index (κ3) is 3.18. The molecule has 0 heterocycles. The van der Waals surface area contributed by atoms with Gasteiger partial charge >= 0.3 is 11.9 Å². The zero-order valence-corrected chi connectivity index (χ0v) is 7.29. The Morgan fingerprint density at radius 3 is 1.67 bits per heavy atom. The summed E-state index contributed by atoms with van der Waals surface area (Å²) in [4.78, 5) is 20.8. The van der Waals surface area contributed by atoms with E-state index in [1.165, 1.54) is 0 Å². The van der Waals surface area contributed by atoms with E-state index >= 15 is 0 Å². The number of carboxylic acids is 2. The summed E-state index contributed by atoms with van der Waals surface area (Å²) in [7, 11) is 0. The van der Waals surface area contributed by atoms with Crippen molar-refractivity contribution in [2.75, 3.05) is 0 Å². The summed E-state index contributed by atoms with van der Waals surface area (Å²) in [6.45, 7) is 4.95. The SMILES string of the molecule is CC(C)(C)/C(=C/C(=O)O)C(=O)O. The minimum Gasteiger partial charge on any atom is -0.478 e. The van der Waals surface area contributed by atoms with Crippen LogP contribution in [0.15, 0.2) is 11.6 Å². The number of rotatable bonds is 2. The predicted octanol–water partition coefficient (Wildman–Crippen LogP) is 1.13. The van der Waals surface area contributed by atoms with Crippen LogP contribution in [0.25, 0.3) is 0 Å². The van der Waals surface area contributed by atoms with Gasteiger partial charge in [0.1, 0.15) is 0 Å².